The van der Waals surface area contributed by atoms with E-state index in [9.17, 15) is 5.26 Å². The Morgan fingerprint density at radius 2 is 2.15 bits per heavy atom. The van der Waals surface area contributed by atoms with Crippen LogP contribution in [0.3, 0.4) is 0 Å². The standard InChI is InChI=1S/C14H21N5O/c1-11(2)3-4-16-13-12(9-15)14(18-10-17-13)19-5-7-20-8-6-19/h10-11H,3-8H2,1-2H3,(H,16,17,18). The van der Waals surface area contributed by atoms with Crippen LogP contribution in [-0.4, -0.2) is 42.8 Å². The minimum atomic E-state index is 0.526. The van der Waals surface area contributed by atoms with Crippen molar-refractivity contribution in [2.45, 2.75) is 20.3 Å². The Bertz CT molecular complexity index is 477. The largest absolute Gasteiger partial charge is 0.378 e. The lowest BCUT2D eigenvalue weighted by atomic mass is 10.1. The van der Waals surface area contributed by atoms with E-state index in [0.717, 1.165) is 26.1 Å². The minimum absolute atomic E-state index is 0.526. The molecular weight excluding hydrogens is 254 g/mol. The van der Waals surface area contributed by atoms with Gasteiger partial charge in [0.2, 0.25) is 0 Å². The molecule has 0 aliphatic carbocycles. The molecule has 108 valence electrons. The number of hydrogen-bond acceptors (Lipinski definition) is 6. The summed E-state index contributed by atoms with van der Waals surface area (Å²) in [5.74, 6) is 1.95. The van der Waals surface area contributed by atoms with E-state index in [1.54, 1.807) is 0 Å². The molecule has 0 saturated carbocycles. The van der Waals surface area contributed by atoms with Crippen LogP contribution < -0.4 is 10.2 Å². The van der Waals surface area contributed by atoms with Crippen molar-refractivity contribution in [1.29, 1.82) is 5.26 Å². The summed E-state index contributed by atoms with van der Waals surface area (Å²) < 4.78 is 5.33. The molecule has 6 nitrogen and oxygen atoms in total. The van der Waals surface area contributed by atoms with Crippen LogP contribution in [0.1, 0.15) is 25.8 Å². The lowest BCUT2D eigenvalue weighted by Crippen LogP contribution is -2.37. The fraction of sp³-hybridized carbons (Fsp3) is 0.643. The van der Waals surface area contributed by atoms with Gasteiger partial charge in [0.25, 0.3) is 0 Å². The van der Waals surface area contributed by atoms with Gasteiger partial charge in [-0.25, -0.2) is 9.97 Å². The second-order valence-electron chi connectivity index (χ2n) is 5.24. The smallest absolute Gasteiger partial charge is 0.152 e. The first-order chi connectivity index (χ1) is 9.72. The molecule has 1 fully saturated rings. The molecule has 1 aliphatic rings. The Labute approximate surface area is 119 Å². The summed E-state index contributed by atoms with van der Waals surface area (Å²) in [4.78, 5) is 10.6. The van der Waals surface area contributed by atoms with Crippen molar-refractivity contribution in [2.24, 2.45) is 5.92 Å². The Kier molecular flexibility index (Phi) is 5.13. The van der Waals surface area contributed by atoms with E-state index in [2.05, 4.69) is 40.1 Å². The summed E-state index contributed by atoms with van der Waals surface area (Å²) in [6.07, 6.45) is 2.56. The average Bonchev–Trinajstić information content (AvgIpc) is 2.47. The third-order valence-electron chi connectivity index (χ3n) is 3.26. The highest BCUT2D eigenvalue weighted by atomic mass is 16.5. The van der Waals surface area contributed by atoms with Gasteiger partial charge in [-0.15, -0.1) is 0 Å². The van der Waals surface area contributed by atoms with Crippen LogP contribution >= 0.6 is 0 Å². The number of anilines is 2. The van der Waals surface area contributed by atoms with Gasteiger partial charge in [0.15, 0.2) is 5.82 Å². The Hall–Kier alpha value is -1.87. The lowest BCUT2D eigenvalue weighted by Gasteiger charge is -2.28. The SMILES string of the molecule is CC(C)CCNc1ncnc(N2CCOCC2)c1C#N. The van der Waals surface area contributed by atoms with E-state index in [1.807, 2.05) is 0 Å². The molecule has 1 saturated heterocycles. The van der Waals surface area contributed by atoms with Gasteiger partial charge in [0.1, 0.15) is 23.8 Å². The van der Waals surface area contributed by atoms with Crippen molar-refractivity contribution in [3.05, 3.63) is 11.9 Å². The molecular formula is C14H21N5O. The molecule has 2 rings (SSSR count). The molecule has 0 amide bonds. The van der Waals surface area contributed by atoms with Crippen molar-refractivity contribution in [3.63, 3.8) is 0 Å². The molecule has 0 atom stereocenters. The summed E-state index contributed by atoms with van der Waals surface area (Å²) in [7, 11) is 0. The first-order valence-corrected chi connectivity index (χ1v) is 7.04. The van der Waals surface area contributed by atoms with Crippen molar-refractivity contribution >= 4 is 11.6 Å². The highest BCUT2D eigenvalue weighted by Crippen LogP contribution is 2.23. The molecule has 1 N–H and O–H groups in total. The van der Waals surface area contributed by atoms with Crippen LogP contribution in [0.5, 0.6) is 0 Å². The lowest BCUT2D eigenvalue weighted by molar-refractivity contribution is 0.122. The van der Waals surface area contributed by atoms with Gasteiger partial charge in [-0.1, -0.05) is 13.8 Å². The van der Waals surface area contributed by atoms with Gasteiger partial charge in [0.05, 0.1) is 13.2 Å². The maximum Gasteiger partial charge on any atom is 0.152 e. The van der Waals surface area contributed by atoms with E-state index >= 15 is 0 Å². The van der Waals surface area contributed by atoms with Gasteiger partial charge < -0.3 is 15.0 Å². The number of nitrogens with zero attached hydrogens (tertiary/aromatic N) is 4. The fourth-order valence-corrected chi connectivity index (χ4v) is 2.11. The number of rotatable bonds is 5. The molecule has 0 aromatic carbocycles. The predicted molar refractivity (Wildman–Crippen MR) is 77.7 cm³/mol. The number of nitrogens with one attached hydrogen (secondary N) is 1. The Morgan fingerprint density at radius 3 is 2.80 bits per heavy atom. The molecule has 20 heavy (non-hydrogen) atoms. The highest BCUT2D eigenvalue weighted by Gasteiger charge is 2.19. The molecule has 0 spiro atoms. The van der Waals surface area contributed by atoms with E-state index in [0.29, 0.717) is 36.3 Å². The monoisotopic (exact) mass is 275 g/mol. The van der Waals surface area contributed by atoms with Gasteiger partial charge in [-0.05, 0) is 12.3 Å². The van der Waals surface area contributed by atoms with Crippen LogP contribution in [0.2, 0.25) is 0 Å². The van der Waals surface area contributed by atoms with Gasteiger partial charge in [-0.2, -0.15) is 5.26 Å². The molecule has 1 aromatic rings. The number of morpholine rings is 1. The van der Waals surface area contributed by atoms with Gasteiger partial charge in [0, 0.05) is 19.6 Å². The normalized spacial score (nSPS) is 15.2. The third kappa shape index (κ3) is 3.58. The number of ether oxygens (including phenoxy) is 1. The molecule has 0 unspecified atom stereocenters. The zero-order valence-electron chi connectivity index (χ0n) is 12.1. The fourth-order valence-electron chi connectivity index (χ4n) is 2.11. The van der Waals surface area contributed by atoms with Gasteiger partial charge in [-0.3, -0.25) is 0 Å². The first kappa shape index (κ1) is 14.5. The quantitative estimate of drug-likeness (QED) is 0.880. The van der Waals surface area contributed by atoms with Crippen LogP contribution in [0, 0.1) is 17.2 Å². The van der Waals surface area contributed by atoms with Crippen LogP contribution in [0.4, 0.5) is 11.6 Å². The number of aromatic nitrogens is 2. The van der Waals surface area contributed by atoms with Gasteiger partial charge >= 0.3 is 0 Å². The molecule has 0 radical (unpaired) electrons. The average molecular weight is 275 g/mol. The molecule has 1 aliphatic heterocycles. The minimum Gasteiger partial charge on any atom is -0.378 e. The molecule has 6 heteroatoms. The van der Waals surface area contributed by atoms with Crippen molar-refractivity contribution in [1.82, 2.24) is 9.97 Å². The number of hydrogen-bond donors (Lipinski definition) is 1. The maximum absolute atomic E-state index is 9.41. The zero-order valence-corrected chi connectivity index (χ0v) is 12.1. The maximum atomic E-state index is 9.41. The zero-order chi connectivity index (χ0) is 14.4. The predicted octanol–water partition coefficient (Wildman–Crippen LogP) is 1.64. The van der Waals surface area contributed by atoms with E-state index < -0.39 is 0 Å². The summed E-state index contributed by atoms with van der Waals surface area (Å²) in [5, 5.41) is 12.7. The molecule has 2 heterocycles. The topological polar surface area (TPSA) is 74.1 Å². The van der Waals surface area contributed by atoms with E-state index in [4.69, 9.17) is 4.74 Å². The van der Waals surface area contributed by atoms with Crippen molar-refractivity contribution in [2.75, 3.05) is 43.1 Å². The molecule has 0 bridgehead atoms. The van der Waals surface area contributed by atoms with E-state index in [-0.39, 0.29) is 0 Å². The number of nitriles is 1. The second-order valence-corrected chi connectivity index (χ2v) is 5.24. The summed E-state index contributed by atoms with van der Waals surface area (Å²) in [6.45, 7) is 8.02. The van der Waals surface area contributed by atoms with E-state index in [1.165, 1.54) is 6.33 Å². The van der Waals surface area contributed by atoms with Crippen LogP contribution in [-0.2, 0) is 4.74 Å². The second kappa shape index (κ2) is 7.06. The Morgan fingerprint density at radius 1 is 1.40 bits per heavy atom. The molecule has 1 aromatic heterocycles. The van der Waals surface area contributed by atoms with Crippen LogP contribution in [0.15, 0.2) is 6.33 Å². The Balaban J connectivity index is 2.14. The summed E-state index contributed by atoms with van der Waals surface area (Å²) in [5.41, 5.74) is 0.526. The van der Waals surface area contributed by atoms with Crippen LogP contribution in [0.25, 0.3) is 0 Å². The summed E-state index contributed by atoms with van der Waals surface area (Å²) >= 11 is 0. The summed E-state index contributed by atoms with van der Waals surface area (Å²) in [6, 6.07) is 2.23. The third-order valence-corrected chi connectivity index (χ3v) is 3.26. The first-order valence-electron chi connectivity index (χ1n) is 7.04. The van der Waals surface area contributed by atoms with Crippen molar-refractivity contribution in [3.8, 4) is 6.07 Å². The van der Waals surface area contributed by atoms with Crippen molar-refractivity contribution < 1.29 is 4.74 Å². The highest BCUT2D eigenvalue weighted by molar-refractivity contribution is 5.65.